The van der Waals surface area contributed by atoms with E-state index in [-0.39, 0.29) is 12.3 Å². The largest absolute Gasteiger partial charge is 0.493 e. The molecule has 0 radical (unpaired) electrons. The van der Waals surface area contributed by atoms with Gasteiger partial charge in [0.25, 0.3) is 0 Å². The Balaban J connectivity index is 1.75. The molecule has 0 spiro atoms. The number of fused-ring (bicyclic) bond motifs is 1. The maximum absolute atomic E-state index is 12.4. The zero-order valence-electron chi connectivity index (χ0n) is 14.0. The maximum atomic E-state index is 12.4. The molecule has 0 bridgehead atoms. The second kappa shape index (κ2) is 7.09. The van der Waals surface area contributed by atoms with E-state index in [1.807, 2.05) is 6.07 Å². The molecule has 7 heteroatoms. The molecule has 3 rings (SSSR count). The third-order valence-corrected chi connectivity index (χ3v) is 5.05. The second-order valence-corrected chi connectivity index (χ2v) is 6.54. The summed E-state index contributed by atoms with van der Waals surface area (Å²) in [7, 11) is 4.65. The van der Waals surface area contributed by atoms with Crippen LogP contribution in [0.15, 0.2) is 12.1 Å². The Kier molecular flexibility index (Phi) is 4.89. The van der Waals surface area contributed by atoms with Crippen molar-refractivity contribution in [1.82, 2.24) is 4.98 Å². The summed E-state index contributed by atoms with van der Waals surface area (Å²) < 4.78 is 16.0. The lowest BCUT2D eigenvalue weighted by molar-refractivity contribution is -0.115. The molecule has 1 aliphatic rings. The number of ether oxygens (including phenoxy) is 3. The van der Waals surface area contributed by atoms with Crippen molar-refractivity contribution in [2.45, 2.75) is 25.7 Å². The molecule has 1 aromatic carbocycles. The highest BCUT2D eigenvalue weighted by Crippen LogP contribution is 2.40. The van der Waals surface area contributed by atoms with Gasteiger partial charge in [0.05, 0.1) is 33.4 Å². The van der Waals surface area contributed by atoms with Gasteiger partial charge in [-0.15, -0.1) is 11.3 Å². The van der Waals surface area contributed by atoms with Crippen LogP contribution in [0.1, 0.15) is 22.6 Å². The van der Waals surface area contributed by atoms with Gasteiger partial charge in [0.1, 0.15) is 0 Å². The van der Waals surface area contributed by atoms with Crippen molar-refractivity contribution >= 4 is 22.4 Å². The van der Waals surface area contributed by atoms with E-state index in [4.69, 9.17) is 14.2 Å². The van der Waals surface area contributed by atoms with Crippen molar-refractivity contribution < 1.29 is 19.0 Å². The molecule has 0 aliphatic heterocycles. The Hall–Kier alpha value is -2.28. The van der Waals surface area contributed by atoms with E-state index in [0.717, 1.165) is 30.5 Å². The number of benzene rings is 1. The number of anilines is 1. The highest BCUT2D eigenvalue weighted by molar-refractivity contribution is 7.15. The van der Waals surface area contributed by atoms with Crippen molar-refractivity contribution in [2.75, 3.05) is 26.6 Å². The molecule has 6 nitrogen and oxygen atoms in total. The van der Waals surface area contributed by atoms with Crippen LogP contribution < -0.4 is 19.5 Å². The fourth-order valence-corrected chi connectivity index (χ4v) is 3.95. The highest BCUT2D eigenvalue weighted by Gasteiger charge is 2.20. The molecule has 0 saturated heterocycles. The monoisotopic (exact) mass is 348 g/mol. The van der Waals surface area contributed by atoms with E-state index in [0.29, 0.717) is 22.4 Å². The van der Waals surface area contributed by atoms with Gasteiger partial charge in [-0.3, -0.25) is 4.79 Å². The third kappa shape index (κ3) is 3.17. The predicted octanol–water partition coefficient (Wildman–Crippen LogP) is 2.84. The van der Waals surface area contributed by atoms with Gasteiger partial charge in [0.2, 0.25) is 11.7 Å². The highest BCUT2D eigenvalue weighted by atomic mass is 32.1. The van der Waals surface area contributed by atoms with Crippen molar-refractivity contribution in [3.8, 4) is 17.2 Å². The van der Waals surface area contributed by atoms with Gasteiger partial charge in [0, 0.05) is 10.4 Å². The number of amides is 1. The zero-order valence-corrected chi connectivity index (χ0v) is 14.8. The minimum Gasteiger partial charge on any atom is -0.493 e. The van der Waals surface area contributed by atoms with Crippen molar-refractivity contribution in [3.05, 3.63) is 28.3 Å². The number of carbonyl (C=O) groups is 1. The Labute approximate surface area is 144 Å². The van der Waals surface area contributed by atoms with Crippen molar-refractivity contribution in [1.29, 1.82) is 0 Å². The Morgan fingerprint density at radius 1 is 1.17 bits per heavy atom. The molecule has 1 aliphatic carbocycles. The number of aryl methyl sites for hydroxylation is 2. The number of nitrogens with zero attached hydrogens (tertiary/aromatic N) is 1. The molecule has 0 atom stereocenters. The number of carbonyl (C=O) groups excluding carboxylic acids is 1. The average Bonchev–Trinajstić information content (AvgIpc) is 3.15. The lowest BCUT2D eigenvalue weighted by Gasteiger charge is -2.15. The van der Waals surface area contributed by atoms with Crippen molar-refractivity contribution in [2.24, 2.45) is 0 Å². The lowest BCUT2D eigenvalue weighted by Crippen LogP contribution is -2.15. The van der Waals surface area contributed by atoms with Crippen LogP contribution >= 0.6 is 11.3 Å². The first-order valence-electron chi connectivity index (χ1n) is 7.72. The van der Waals surface area contributed by atoms with E-state index in [2.05, 4.69) is 10.3 Å². The maximum Gasteiger partial charge on any atom is 0.230 e. The first kappa shape index (κ1) is 16.6. The van der Waals surface area contributed by atoms with Crippen LogP contribution in [0.2, 0.25) is 0 Å². The Morgan fingerprint density at radius 2 is 1.96 bits per heavy atom. The smallest absolute Gasteiger partial charge is 0.230 e. The molecule has 128 valence electrons. The molecule has 1 N–H and O–H groups in total. The van der Waals surface area contributed by atoms with Crippen molar-refractivity contribution in [3.63, 3.8) is 0 Å². The molecule has 1 aromatic heterocycles. The van der Waals surface area contributed by atoms with Gasteiger partial charge in [-0.25, -0.2) is 4.98 Å². The number of hydrogen-bond acceptors (Lipinski definition) is 6. The number of aromatic nitrogens is 1. The van der Waals surface area contributed by atoms with Gasteiger partial charge >= 0.3 is 0 Å². The molecular weight excluding hydrogens is 328 g/mol. The van der Waals surface area contributed by atoms with E-state index in [1.54, 1.807) is 38.7 Å². The standard InChI is InChI=1S/C17H20N2O4S/c1-21-12-8-7-10(15(22-2)16(12)23-3)9-14(20)19-17-18-11-5-4-6-13(11)24-17/h7-8H,4-6,9H2,1-3H3,(H,18,19,20). The van der Waals surface area contributed by atoms with Crippen LogP contribution in [0.3, 0.4) is 0 Å². The van der Waals surface area contributed by atoms with Gasteiger partial charge < -0.3 is 19.5 Å². The SMILES string of the molecule is COc1ccc(CC(=O)Nc2nc3c(s2)CCC3)c(OC)c1OC. The molecule has 0 unspecified atom stereocenters. The predicted molar refractivity (Wildman–Crippen MR) is 92.6 cm³/mol. The molecule has 1 amide bonds. The van der Waals surface area contributed by atoms with E-state index >= 15 is 0 Å². The first-order chi connectivity index (χ1) is 11.7. The molecule has 0 fully saturated rings. The summed E-state index contributed by atoms with van der Waals surface area (Å²) in [4.78, 5) is 18.1. The number of methoxy groups -OCH3 is 3. The topological polar surface area (TPSA) is 69.7 Å². The summed E-state index contributed by atoms with van der Waals surface area (Å²) >= 11 is 1.57. The first-order valence-corrected chi connectivity index (χ1v) is 8.54. The summed E-state index contributed by atoms with van der Waals surface area (Å²) in [6.07, 6.45) is 3.40. The van der Waals surface area contributed by atoms with Gasteiger partial charge in [-0.2, -0.15) is 0 Å². The summed E-state index contributed by atoms with van der Waals surface area (Å²) in [6, 6.07) is 3.57. The molecular formula is C17H20N2O4S. The van der Waals surface area contributed by atoms with E-state index < -0.39 is 0 Å². The Morgan fingerprint density at radius 3 is 2.62 bits per heavy atom. The van der Waals surface area contributed by atoms with E-state index in [9.17, 15) is 4.79 Å². The van der Waals surface area contributed by atoms with Crippen LogP contribution in [0.4, 0.5) is 5.13 Å². The minimum absolute atomic E-state index is 0.132. The average molecular weight is 348 g/mol. The van der Waals surface area contributed by atoms with Crippen LogP contribution in [0.25, 0.3) is 0 Å². The summed E-state index contributed by atoms with van der Waals surface area (Å²) in [6.45, 7) is 0. The zero-order chi connectivity index (χ0) is 17.1. The van der Waals surface area contributed by atoms with Crippen LogP contribution in [-0.4, -0.2) is 32.2 Å². The van der Waals surface area contributed by atoms with Gasteiger partial charge in [0.15, 0.2) is 16.6 Å². The number of hydrogen-bond donors (Lipinski definition) is 1. The number of rotatable bonds is 6. The second-order valence-electron chi connectivity index (χ2n) is 5.46. The number of thiazole rings is 1. The Bertz CT molecular complexity index is 736. The summed E-state index contributed by atoms with van der Waals surface area (Å²) in [5.74, 6) is 1.43. The lowest BCUT2D eigenvalue weighted by atomic mass is 10.1. The third-order valence-electron chi connectivity index (χ3n) is 3.98. The van der Waals surface area contributed by atoms with Crippen LogP contribution in [0.5, 0.6) is 17.2 Å². The number of nitrogens with one attached hydrogen (secondary N) is 1. The molecule has 24 heavy (non-hydrogen) atoms. The molecule has 2 aromatic rings. The van der Waals surface area contributed by atoms with Crippen LogP contribution in [-0.2, 0) is 24.1 Å². The minimum atomic E-state index is -0.132. The fourth-order valence-electron chi connectivity index (χ4n) is 2.88. The van der Waals surface area contributed by atoms with E-state index in [1.165, 1.54) is 4.88 Å². The fraction of sp³-hybridized carbons (Fsp3) is 0.412. The normalized spacial score (nSPS) is 12.6. The van der Waals surface area contributed by atoms with Crippen LogP contribution in [0, 0.1) is 0 Å². The summed E-state index contributed by atoms with van der Waals surface area (Å²) in [5, 5.41) is 3.55. The summed E-state index contributed by atoms with van der Waals surface area (Å²) in [5.41, 5.74) is 1.86. The molecule has 1 heterocycles. The quantitative estimate of drug-likeness (QED) is 0.869. The van der Waals surface area contributed by atoms with Gasteiger partial charge in [-0.05, 0) is 25.3 Å². The van der Waals surface area contributed by atoms with Gasteiger partial charge in [-0.1, -0.05) is 6.07 Å². The molecule has 0 saturated carbocycles.